The second-order valence-electron chi connectivity index (χ2n) is 6.05. The minimum absolute atomic E-state index is 0. The highest BCUT2D eigenvalue weighted by atomic mass is 35.5. The summed E-state index contributed by atoms with van der Waals surface area (Å²) in [5.74, 6) is 0.0145. The molecule has 126 valence electrons. The lowest BCUT2D eigenvalue weighted by atomic mass is 9.85. The number of anilines is 2. The van der Waals surface area contributed by atoms with Crippen LogP contribution in [0, 0.1) is 5.92 Å². The van der Waals surface area contributed by atoms with E-state index in [9.17, 15) is 9.59 Å². The summed E-state index contributed by atoms with van der Waals surface area (Å²) in [5, 5.41) is 5.73. The van der Waals surface area contributed by atoms with Crippen molar-refractivity contribution in [2.75, 3.05) is 23.3 Å². The van der Waals surface area contributed by atoms with E-state index in [4.69, 9.17) is 5.73 Å². The quantitative estimate of drug-likeness (QED) is 0.788. The van der Waals surface area contributed by atoms with E-state index in [2.05, 4.69) is 10.6 Å². The zero-order chi connectivity index (χ0) is 15.5. The van der Waals surface area contributed by atoms with Crippen LogP contribution in [0.3, 0.4) is 0 Å². The summed E-state index contributed by atoms with van der Waals surface area (Å²) in [6, 6.07) is 7.44. The standard InChI is InChI=1S/C16H22N4O2.ClH/c17-12-4-1-3-11(9-12)15(21)19-13-5-2-6-14(10-13)20-8-7-18-16(20)22;/h2,5-6,10-12H,1,3-4,7-9,17H2,(H,18,22)(H,19,21);1H. The van der Waals surface area contributed by atoms with Crippen molar-refractivity contribution in [3.8, 4) is 0 Å². The topological polar surface area (TPSA) is 87.5 Å². The van der Waals surface area contributed by atoms with E-state index in [1.807, 2.05) is 24.3 Å². The Kier molecular flexibility index (Phi) is 5.85. The van der Waals surface area contributed by atoms with Crippen molar-refractivity contribution in [2.24, 2.45) is 11.7 Å². The highest BCUT2D eigenvalue weighted by Gasteiger charge is 2.26. The molecule has 1 aliphatic carbocycles. The zero-order valence-corrected chi connectivity index (χ0v) is 13.8. The maximum absolute atomic E-state index is 12.4. The highest BCUT2D eigenvalue weighted by Crippen LogP contribution is 2.26. The first-order chi connectivity index (χ1) is 10.6. The molecule has 2 unspecified atom stereocenters. The molecule has 4 N–H and O–H groups in total. The lowest BCUT2D eigenvalue weighted by molar-refractivity contribution is -0.120. The first kappa shape index (κ1) is 17.6. The highest BCUT2D eigenvalue weighted by molar-refractivity contribution is 5.96. The molecule has 3 rings (SSSR count). The molecular formula is C16H23ClN4O2. The molecule has 3 amide bonds. The average molecular weight is 339 g/mol. The molecule has 23 heavy (non-hydrogen) atoms. The normalized spacial score (nSPS) is 23.9. The first-order valence-electron chi connectivity index (χ1n) is 7.85. The van der Waals surface area contributed by atoms with E-state index < -0.39 is 0 Å². The van der Waals surface area contributed by atoms with E-state index in [1.54, 1.807) is 4.90 Å². The molecule has 0 bridgehead atoms. The van der Waals surface area contributed by atoms with Gasteiger partial charge in [0.25, 0.3) is 0 Å². The zero-order valence-electron chi connectivity index (χ0n) is 13.0. The summed E-state index contributed by atoms with van der Waals surface area (Å²) in [6.07, 6.45) is 3.66. The second kappa shape index (κ2) is 7.66. The molecule has 0 aromatic heterocycles. The number of nitrogens with two attached hydrogens (primary N) is 1. The summed E-state index contributed by atoms with van der Waals surface area (Å²) in [6.45, 7) is 1.29. The maximum Gasteiger partial charge on any atom is 0.321 e. The van der Waals surface area contributed by atoms with Crippen LogP contribution in [0.25, 0.3) is 0 Å². The van der Waals surface area contributed by atoms with Gasteiger partial charge in [-0.25, -0.2) is 4.79 Å². The predicted octanol–water partition coefficient (Wildman–Crippen LogP) is 2.09. The van der Waals surface area contributed by atoms with Gasteiger partial charge in [0.1, 0.15) is 0 Å². The van der Waals surface area contributed by atoms with Crippen LogP contribution in [0.4, 0.5) is 16.2 Å². The molecule has 1 aromatic rings. The van der Waals surface area contributed by atoms with Gasteiger partial charge < -0.3 is 16.4 Å². The number of nitrogens with zero attached hydrogens (tertiary/aromatic N) is 1. The molecule has 2 fully saturated rings. The molecule has 1 saturated carbocycles. The molecule has 2 atom stereocenters. The minimum Gasteiger partial charge on any atom is -0.336 e. The second-order valence-corrected chi connectivity index (χ2v) is 6.05. The molecule has 7 heteroatoms. The van der Waals surface area contributed by atoms with E-state index in [0.717, 1.165) is 37.1 Å². The summed E-state index contributed by atoms with van der Waals surface area (Å²) < 4.78 is 0. The summed E-state index contributed by atoms with van der Waals surface area (Å²) in [7, 11) is 0. The number of halogens is 1. The number of nitrogens with one attached hydrogen (secondary N) is 2. The van der Waals surface area contributed by atoms with Crippen LogP contribution in [0.5, 0.6) is 0 Å². The van der Waals surface area contributed by atoms with Crippen molar-refractivity contribution in [1.29, 1.82) is 0 Å². The number of benzene rings is 1. The Labute approximate surface area is 142 Å². The van der Waals surface area contributed by atoms with Gasteiger partial charge in [-0.1, -0.05) is 12.5 Å². The Morgan fingerprint density at radius 3 is 2.87 bits per heavy atom. The average Bonchev–Trinajstić information content (AvgIpc) is 2.94. The lowest BCUT2D eigenvalue weighted by Crippen LogP contribution is -2.34. The van der Waals surface area contributed by atoms with Crippen LogP contribution in [0.15, 0.2) is 24.3 Å². The van der Waals surface area contributed by atoms with Crippen LogP contribution in [-0.4, -0.2) is 31.1 Å². The molecule has 0 spiro atoms. The SMILES string of the molecule is Cl.NC1CCCC(C(=O)Nc2cccc(N3CCNC3=O)c2)C1. The van der Waals surface area contributed by atoms with E-state index in [-0.39, 0.29) is 36.3 Å². The van der Waals surface area contributed by atoms with Crippen molar-refractivity contribution >= 4 is 35.7 Å². The van der Waals surface area contributed by atoms with E-state index >= 15 is 0 Å². The Balaban J connectivity index is 0.00000192. The molecule has 0 radical (unpaired) electrons. The molecule has 1 saturated heterocycles. The molecule has 6 nitrogen and oxygen atoms in total. The number of carbonyl (C=O) groups is 2. The van der Waals surface area contributed by atoms with Crippen molar-refractivity contribution < 1.29 is 9.59 Å². The smallest absolute Gasteiger partial charge is 0.321 e. The van der Waals surface area contributed by atoms with Gasteiger partial charge in [-0.15, -0.1) is 12.4 Å². The fourth-order valence-corrected chi connectivity index (χ4v) is 3.18. The minimum atomic E-state index is -0.0956. The van der Waals surface area contributed by atoms with Gasteiger partial charge in [-0.2, -0.15) is 0 Å². The van der Waals surface area contributed by atoms with Crippen LogP contribution in [0.1, 0.15) is 25.7 Å². The molecule has 1 heterocycles. The van der Waals surface area contributed by atoms with Crippen molar-refractivity contribution in [3.05, 3.63) is 24.3 Å². The third-order valence-corrected chi connectivity index (χ3v) is 4.37. The van der Waals surface area contributed by atoms with Crippen LogP contribution in [-0.2, 0) is 4.79 Å². The fraction of sp³-hybridized carbons (Fsp3) is 0.500. The number of rotatable bonds is 3. The van der Waals surface area contributed by atoms with Crippen molar-refractivity contribution in [3.63, 3.8) is 0 Å². The number of carbonyl (C=O) groups excluding carboxylic acids is 2. The van der Waals surface area contributed by atoms with Crippen LogP contribution < -0.4 is 21.3 Å². The molecule has 2 aliphatic rings. The summed E-state index contributed by atoms with van der Waals surface area (Å²) in [5.41, 5.74) is 7.47. The number of amides is 3. The fourth-order valence-electron chi connectivity index (χ4n) is 3.18. The lowest BCUT2D eigenvalue weighted by Gasteiger charge is -2.25. The Morgan fingerprint density at radius 2 is 2.17 bits per heavy atom. The molecule has 1 aliphatic heterocycles. The largest absolute Gasteiger partial charge is 0.336 e. The van der Waals surface area contributed by atoms with Gasteiger partial charge in [0.15, 0.2) is 0 Å². The van der Waals surface area contributed by atoms with Crippen LogP contribution >= 0.6 is 12.4 Å². The van der Waals surface area contributed by atoms with Gasteiger partial charge in [0.2, 0.25) is 5.91 Å². The number of hydrogen-bond donors (Lipinski definition) is 3. The van der Waals surface area contributed by atoms with Crippen molar-refractivity contribution in [2.45, 2.75) is 31.7 Å². The summed E-state index contributed by atoms with van der Waals surface area (Å²) in [4.78, 5) is 25.7. The van der Waals surface area contributed by atoms with Gasteiger partial charge in [0, 0.05) is 36.4 Å². The molecule has 1 aromatic carbocycles. The Bertz CT molecular complexity index is 581. The van der Waals surface area contributed by atoms with E-state index in [0.29, 0.717) is 13.1 Å². The Morgan fingerprint density at radius 1 is 1.35 bits per heavy atom. The van der Waals surface area contributed by atoms with Gasteiger partial charge in [0.05, 0.1) is 0 Å². The predicted molar refractivity (Wildman–Crippen MR) is 93.0 cm³/mol. The third-order valence-electron chi connectivity index (χ3n) is 4.37. The maximum atomic E-state index is 12.4. The first-order valence-corrected chi connectivity index (χ1v) is 7.85. The molecular weight excluding hydrogens is 316 g/mol. The van der Waals surface area contributed by atoms with Gasteiger partial charge in [-0.05, 0) is 37.5 Å². The van der Waals surface area contributed by atoms with E-state index in [1.165, 1.54) is 0 Å². The van der Waals surface area contributed by atoms with Gasteiger partial charge >= 0.3 is 6.03 Å². The Hall–Kier alpha value is -1.79. The van der Waals surface area contributed by atoms with Gasteiger partial charge in [-0.3, -0.25) is 9.69 Å². The number of hydrogen-bond acceptors (Lipinski definition) is 3. The monoisotopic (exact) mass is 338 g/mol. The third kappa shape index (κ3) is 4.14. The number of urea groups is 1. The van der Waals surface area contributed by atoms with Crippen molar-refractivity contribution in [1.82, 2.24) is 5.32 Å². The summed E-state index contributed by atoms with van der Waals surface area (Å²) >= 11 is 0. The van der Waals surface area contributed by atoms with Crippen LogP contribution in [0.2, 0.25) is 0 Å².